The number of nitrogens with zero attached hydrogens (tertiary/aromatic N) is 2. The van der Waals surface area contributed by atoms with Gasteiger partial charge in [0.15, 0.2) is 0 Å². The number of hydrogen-bond donors (Lipinski definition) is 1. The Morgan fingerprint density at radius 1 is 1.06 bits per heavy atom. The van der Waals surface area contributed by atoms with E-state index >= 15 is 0 Å². The van der Waals surface area contributed by atoms with Crippen LogP contribution in [0.2, 0.25) is 0 Å². The van der Waals surface area contributed by atoms with E-state index in [0.29, 0.717) is 58.1 Å². The van der Waals surface area contributed by atoms with Crippen molar-refractivity contribution in [3.8, 4) is 0 Å². The molecular weight excluding hydrogens is 432 g/mol. The third kappa shape index (κ3) is 3.81. The molecule has 4 fully saturated rings. The predicted molar refractivity (Wildman–Crippen MR) is 112 cm³/mol. The molecule has 8 unspecified atom stereocenters. The van der Waals surface area contributed by atoms with Crippen molar-refractivity contribution in [2.45, 2.75) is 49.4 Å². The van der Waals surface area contributed by atoms with Crippen LogP contribution < -0.4 is 0 Å². The first-order valence-electron chi connectivity index (χ1n) is 12.1. The molecule has 4 saturated heterocycles. The Bertz CT molecular complexity index is 838. The molecule has 0 aromatic carbocycles. The number of carbonyl (C=O) groups excluding carboxylic acids is 2. The van der Waals surface area contributed by atoms with Crippen LogP contribution in [-0.4, -0.2) is 122 Å². The Morgan fingerprint density at radius 2 is 1.76 bits per heavy atom. The van der Waals surface area contributed by atoms with Gasteiger partial charge in [-0.2, -0.15) is 0 Å². The van der Waals surface area contributed by atoms with Gasteiger partial charge in [-0.25, -0.2) is 4.79 Å². The Morgan fingerprint density at radius 3 is 2.48 bits per heavy atom. The molecule has 5 heterocycles. The van der Waals surface area contributed by atoms with Gasteiger partial charge in [-0.15, -0.1) is 0 Å². The van der Waals surface area contributed by atoms with Crippen molar-refractivity contribution in [1.29, 1.82) is 0 Å². The van der Waals surface area contributed by atoms with Crippen LogP contribution >= 0.6 is 0 Å². The molecule has 6 aliphatic rings. The summed E-state index contributed by atoms with van der Waals surface area (Å²) in [5, 5.41) is 11.3. The van der Waals surface area contributed by atoms with Crippen LogP contribution in [0.15, 0.2) is 11.6 Å². The maximum atomic E-state index is 13.1. The van der Waals surface area contributed by atoms with Crippen LogP contribution in [-0.2, 0) is 33.3 Å². The van der Waals surface area contributed by atoms with E-state index in [4.69, 9.17) is 23.7 Å². The van der Waals surface area contributed by atoms with Crippen molar-refractivity contribution in [2.75, 3.05) is 59.2 Å². The quantitative estimate of drug-likeness (QED) is 0.410. The van der Waals surface area contributed by atoms with Gasteiger partial charge < -0.3 is 28.8 Å². The predicted octanol–water partition coefficient (Wildman–Crippen LogP) is -1.05. The minimum atomic E-state index is -0.886. The van der Waals surface area contributed by atoms with Gasteiger partial charge >= 0.3 is 11.9 Å². The summed E-state index contributed by atoms with van der Waals surface area (Å²) in [7, 11) is 0. The molecule has 33 heavy (non-hydrogen) atoms. The number of fused-ring (bicyclic) bond motifs is 4. The highest BCUT2D eigenvalue weighted by Gasteiger charge is 2.64. The fourth-order valence-corrected chi connectivity index (χ4v) is 6.36. The Hall–Kier alpha value is -1.56. The lowest BCUT2D eigenvalue weighted by atomic mass is 9.79. The van der Waals surface area contributed by atoms with Crippen LogP contribution in [0.1, 0.15) is 13.3 Å². The number of morpholine rings is 2. The fourth-order valence-electron chi connectivity index (χ4n) is 6.36. The number of ether oxygens (including phenoxy) is 5. The van der Waals surface area contributed by atoms with Gasteiger partial charge in [0, 0.05) is 39.1 Å². The number of rotatable bonds is 3. The average Bonchev–Trinajstić information content (AvgIpc) is 3.20. The van der Waals surface area contributed by atoms with E-state index in [1.54, 1.807) is 0 Å². The summed E-state index contributed by atoms with van der Waals surface area (Å²) in [6, 6.07) is -0.523. The maximum absolute atomic E-state index is 13.1. The van der Waals surface area contributed by atoms with Crippen LogP contribution in [0, 0.1) is 11.8 Å². The number of esters is 2. The molecule has 0 spiro atoms. The van der Waals surface area contributed by atoms with Crippen molar-refractivity contribution in [3.05, 3.63) is 11.6 Å². The third-order valence-corrected chi connectivity index (χ3v) is 8.16. The topological polar surface area (TPSA) is 110 Å². The standard InChI is InChI=1S/C23H32N2O8/c1-23-11-16-17(14(22(28)32-16)12-24-2-6-29-7-3-24)15-10-13(21(27)31-15)18(19(26)20(23)33-23)25-4-8-30-9-5-25/h10,14-20,26H,2-9,11-12H2,1H3. The van der Waals surface area contributed by atoms with E-state index < -0.39 is 47.9 Å². The maximum Gasteiger partial charge on any atom is 0.336 e. The molecule has 182 valence electrons. The van der Waals surface area contributed by atoms with Gasteiger partial charge in [-0.1, -0.05) is 0 Å². The smallest absolute Gasteiger partial charge is 0.336 e. The van der Waals surface area contributed by atoms with Gasteiger partial charge in [0.1, 0.15) is 24.4 Å². The van der Waals surface area contributed by atoms with Crippen molar-refractivity contribution < 1.29 is 38.4 Å². The van der Waals surface area contributed by atoms with Crippen molar-refractivity contribution in [1.82, 2.24) is 9.80 Å². The molecule has 2 bridgehead atoms. The first kappa shape index (κ1) is 21.9. The van der Waals surface area contributed by atoms with Crippen molar-refractivity contribution in [3.63, 3.8) is 0 Å². The molecule has 10 heteroatoms. The summed E-state index contributed by atoms with van der Waals surface area (Å²) in [5.41, 5.74) is -0.154. The van der Waals surface area contributed by atoms with Crippen LogP contribution in [0.25, 0.3) is 0 Å². The van der Waals surface area contributed by atoms with Crippen LogP contribution in [0.4, 0.5) is 0 Å². The van der Waals surface area contributed by atoms with Gasteiger partial charge in [-0.3, -0.25) is 14.6 Å². The third-order valence-electron chi connectivity index (χ3n) is 8.16. The van der Waals surface area contributed by atoms with Crippen LogP contribution in [0.3, 0.4) is 0 Å². The molecule has 0 radical (unpaired) electrons. The highest BCUT2D eigenvalue weighted by molar-refractivity contribution is 5.92. The normalized spacial score (nSPS) is 46.1. The molecule has 6 rings (SSSR count). The summed E-state index contributed by atoms with van der Waals surface area (Å²) in [5.74, 6) is -1.36. The molecule has 1 N–H and O–H groups in total. The fraction of sp³-hybridized carbons (Fsp3) is 0.826. The van der Waals surface area contributed by atoms with Crippen LogP contribution in [0.5, 0.6) is 0 Å². The van der Waals surface area contributed by atoms with E-state index in [1.165, 1.54) is 0 Å². The molecular formula is C23H32N2O8. The minimum Gasteiger partial charge on any atom is -0.462 e. The summed E-state index contributed by atoms with van der Waals surface area (Å²) >= 11 is 0. The number of aliphatic hydroxyl groups is 1. The van der Waals surface area contributed by atoms with E-state index in [-0.39, 0.29) is 11.9 Å². The first-order chi connectivity index (χ1) is 15.9. The zero-order chi connectivity index (χ0) is 22.7. The lowest BCUT2D eigenvalue weighted by Crippen LogP contribution is -2.53. The van der Waals surface area contributed by atoms with Gasteiger partial charge in [0.25, 0.3) is 0 Å². The van der Waals surface area contributed by atoms with E-state index in [0.717, 1.165) is 13.1 Å². The average molecular weight is 465 g/mol. The van der Waals surface area contributed by atoms with E-state index in [9.17, 15) is 14.7 Å². The summed E-state index contributed by atoms with van der Waals surface area (Å²) in [6.07, 6.45) is -0.0125. The van der Waals surface area contributed by atoms with Crippen molar-refractivity contribution in [2.24, 2.45) is 11.8 Å². The van der Waals surface area contributed by atoms with E-state index in [2.05, 4.69) is 9.80 Å². The summed E-state index contributed by atoms with van der Waals surface area (Å²) in [6.45, 7) is 7.66. The molecule has 8 atom stereocenters. The summed E-state index contributed by atoms with van der Waals surface area (Å²) < 4.78 is 28.7. The monoisotopic (exact) mass is 464 g/mol. The SMILES string of the molecule is CC12CC3OC(=O)C(CN4CCOCC4)C3C3C=C(C(=O)O3)C(N3CCOCC3)C(O)C1O2. The Labute approximate surface area is 192 Å². The molecule has 0 saturated carbocycles. The highest BCUT2D eigenvalue weighted by Crippen LogP contribution is 2.50. The lowest BCUT2D eigenvalue weighted by Gasteiger charge is -2.37. The second kappa shape index (κ2) is 8.28. The molecule has 10 nitrogen and oxygen atoms in total. The Kier molecular flexibility index (Phi) is 5.51. The zero-order valence-corrected chi connectivity index (χ0v) is 18.9. The van der Waals surface area contributed by atoms with Gasteiger partial charge in [0.2, 0.25) is 0 Å². The molecule has 1 aliphatic carbocycles. The number of hydrogen-bond acceptors (Lipinski definition) is 10. The molecule has 0 aromatic rings. The number of epoxide rings is 1. The molecule has 5 aliphatic heterocycles. The lowest BCUT2D eigenvalue weighted by molar-refractivity contribution is -0.145. The highest BCUT2D eigenvalue weighted by atomic mass is 16.6. The van der Waals surface area contributed by atoms with Crippen molar-refractivity contribution >= 4 is 11.9 Å². The number of carbonyl (C=O) groups is 2. The Balaban J connectivity index is 1.34. The first-order valence-corrected chi connectivity index (χ1v) is 12.1. The molecule has 0 aromatic heterocycles. The molecule has 0 amide bonds. The largest absolute Gasteiger partial charge is 0.462 e. The second-order valence-corrected chi connectivity index (χ2v) is 10.2. The van der Waals surface area contributed by atoms with E-state index in [1.807, 2.05) is 13.0 Å². The minimum absolute atomic E-state index is 0.250. The number of aliphatic hydroxyl groups excluding tert-OH is 1. The summed E-state index contributed by atoms with van der Waals surface area (Å²) in [4.78, 5) is 30.4. The zero-order valence-electron chi connectivity index (χ0n) is 18.9. The van der Waals surface area contributed by atoms with Gasteiger partial charge in [0.05, 0.1) is 55.5 Å². The second-order valence-electron chi connectivity index (χ2n) is 10.2. The van der Waals surface area contributed by atoms with Gasteiger partial charge in [-0.05, 0) is 13.0 Å².